The van der Waals surface area contributed by atoms with E-state index in [2.05, 4.69) is 15.9 Å². The van der Waals surface area contributed by atoms with Gasteiger partial charge in [0.15, 0.2) is 0 Å². The van der Waals surface area contributed by atoms with Crippen molar-refractivity contribution >= 4 is 26.9 Å². The Bertz CT molecular complexity index is 827. The monoisotopic (exact) mass is 352 g/mol. The number of aryl methyl sites for hydroxylation is 1. The molecule has 0 aliphatic heterocycles. The summed E-state index contributed by atoms with van der Waals surface area (Å²) in [4.78, 5) is 0. The molecule has 1 N–H and O–H groups in total. The second kappa shape index (κ2) is 5.24. The number of furan rings is 1. The van der Waals surface area contributed by atoms with Crippen LogP contribution in [0.5, 0.6) is 0 Å². The zero-order valence-electron chi connectivity index (χ0n) is 11.0. The van der Waals surface area contributed by atoms with Gasteiger partial charge >= 0.3 is 0 Å². The van der Waals surface area contributed by atoms with Gasteiger partial charge in [0.25, 0.3) is 0 Å². The molecule has 0 aliphatic carbocycles. The van der Waals surface area contributed by atoms with Gasteiger partial charge in [-0.2, -0.15) is 0 Å². The molecule has 1 heterocycles. The zero-order valence-corrected chi connectivity index (χ0v) is 12.6. The largest absolute Gasteiger partial charge is 0.458 e. The second-order valence-corrected chi connectivity index (χ2v) is 5.72. The predicted octanol–water partition coefficient (Wildman–Crippen LogP) is 4.86. The molecule has 1 unspecified atom stereocenters. The number of fused-ring (bicyclic) bond motifs is 1. The number of halogens is 3. The van der Waals surface area contributed by atoms with Gasteiger partial charge < -0.3 is 9.52 Å². The predicted molar refractivity (Wildman–Crippen MR) is 79.1 cm³/mol. The third kappa shape index (κ3) is 2.47. The minimum Gasteiger partial charge on any atom is -0.458 e. The van der Waals surface area contributed by atoms with Gasteiger partial charge in [0.1, 0.15) is 29.1 Å². The van der Waals surface area contributed by atoms with Crippen LogP contribution in [0.25, 0.3) is 11.0 Å². The van der Waals surface area contributed by atoms with Crippen LogP contribution in [0.1, 0.15) is 23.0 Å². The van der Waals surface area contributed by atoms with Crippen LogP contribution < -0.4 is 0 Å². The van der Waals surface area contributed by atoms with Gasteiger partial charge in [0, 0.05) is 21.0 Å². The van der Waals surface area contributed by atoms with Crippen molar-refractivity contribution in [1.82, 2.24) is 0 Å². The average Bonchev–Trinajstić information content (AvgIpc) is 2.78. The maximum absolute atomic E-state index is 13.9. The van der Waals surface area contributed by atoms with Gasteiger partial charge in [-0.1, -0.05) is 15.9 Å². The fourth-order valence-corrected chi connectivity index (χ4v) is 2.72. The van der Waals surface area contributed by atoms with Crippen LogP contribution in [0.4, 0.5) is 8.78 Å². The summed E-state index contributed by atoms with van der Waals surface area (Å²) in [6, 6.07) is 8.41. The molecule has 2 aromatic carbocycles. The van der Waals surface area contributed by atoms with Gasteiger partial charge in [-0.3, -0.25) is 0 Å². The van der Waals surface area contributed by atoms with Crippen molar-refractivity contribution in [2.24, 2.45) is 0 Å². The quantitative estimate of drug-likeness (QED) is 0.714. The molecule has 21 heavy (non-hydrogen) atoms. The fraction of sp³-hybridized carbons (Fsp3) is 0.125. The first-order valence-corrected chi connectivity index (χ1v) is 7.08. The Kier molecular flexibility index (Phi) is 3.55. The lowest BCUT2D eigenvalue weighted by Crippen LogP contribution is -2.03. The summed E-state index contributed by atoms with van der Waals surface area (Å²) in [7, 11) is 0. The number of aliphatic hydroxyl groups is 1. The highest BCUT2D eigenvalue weighted by atomic mass is 79.9. The molecule has 0 radical (unpaired) electrons. The van der Waals surface area contributed by atoms with E-state index in [9.17, 15) is 13.9 Å². The lowest BCUT2D eigenvalue weighted by Gasteiger charge is -2.11. The van der Waals surface area contributed by atoms with Crippen LogP contribution >= 0.6 is 15.9 Å². The summed E-state index contributed by atoms with van der Waals surface area (Å²) in [6.45, 7) is 1.71. The topological polar surface area (TPSA) is 33.4 Å². The Labute approximate surface area is 128 Å². The Hall–Kier alpha value is -1.72. The molecule has 0 aliphatic rings. The molecule has 0 amide bonds. The summed E-state index contributed by atoms with van der Waals surface area (Å²) >= 11 is 3.24. The van der Waals surface area contributed by atoms with Gasteiger partial charge in [0.05, 0.1) is 0 Å². The maximum Gasteiger partial charge on any atom is 0.141 e. The molecule has 0 bridgehead atoms. The Balaban J connectivity index is 2.15. The van der Waals surface area contributed by atoms with Gasteiger partial charge in [-0.15, -0.1) is 0 Å². The van der Waals surface area contributed by atoms with Crippen molar-refractivity contribution in [2.45, 2.75) is 13.0 Å². The first-order chi connectivity index (χ1) is 9.97. The number of hydrogen-bond donors (Lipinski definition) is 1. The summed E-state index contributed by atoms with van der Waals surface area (Å²) < 4.78 is 33.4. The molecule has 5 heteroatoms. The van der Waals surface area contributed by atoms with Crippen LogP contribution in [0.3, 0.4) is 0 Å². The van der Waals surface area contributed by atoms with Crippen molar-refractivity contribution in [2.75, 3.05) is 0 Å². The van der Waals surface area contributed by atoms with Crippen molar-refractivity contribution in [3.8, 4) is 0 Å². The van der Waals surface area contributed by atoms with E-state index in [1.165, 1.54) is 30.3 Å². The minimum absolute atomic E-state index is 0.104. The van der Waals surface area contributed by atoms with E-state index in [4.69, 9.17) is 4.42 Å². The van der Waals surface area contributed by atoms with Crippen molar-refractivity contribution < 1.29 is 18.3 Å². The van der Waals surface area contributed by atoms with Gasteiger partial charge in [-0.25, -0.2) is 8.78 Å². The molecule has 2 nitrogen and oxygen atoms in total. The normalized spacial score (nSPS) is 12.8. The molecule has 0 saturated carbocycles. The molecule has 108 valence electrons. The van der Waals surface area contributed by atoms with Crippen LogP contribution in [-0.2, 0) is 0 Å². The third-order valence-electron chi connectivity index (χ3n) is 3.44. The van der Waals surface area contributed by atoms with E-state index < -0.39 is 11.9 Å². The maximum atomic E-state index is 13.9. The second-order valence-electron chi connectivity index (χ2n) is 4.80. The molecule has 3 rings (SSSR count). The first-order valence-electron chi connectivity index (χ1n) is 6.29. The van der Waals surface area contributed by atoms with Crippen LogP contribution in [-0.4, -0.2) is 5.11 Å². The molecule has 1 aromatic heterocycles. The highest BCUT2D eigenvalue weighted by Gasteiger charge is 2.23. The smallest absolute Gasteiger partial charge is 0.141 e. The lowest BCUT2D eigenvalue weighted by atomic mass is 10.0. The fourth-order valence-electron chi connectivity index (χ4n) is 2.34. The summed E-state index contributed by atoms with van der Waals surface area (Å²) in [5.41, 5.74) is 1.15. The Morgan fingerprint density at radius 3 is 2.67 bits per heavy atom. The number of benzene rings is 2. The molecule has 0 spiro atoms. The van der Waals surface area contributed by atoms with Crippen molar-refractivity contribution in [3.63, 3.8) is 0 Å². The SMILES string of the molecule is Cc1c(C(O)c2cc(Br)ccc2F)oc2ccc(F)cc12. The van der Waals surface area contributed by atoms with Crippen LogP contribution in [0, 0.1) is 18.6 Å². The van der Waals surface area contributed by atoms with E-state index >= 15 is 0 Å². The minimum atomic E-state index is -1.25. The van der Waals surface area contributed by atoms with E-state index in [1.54, 1.807) is 13.0 Å². The van der Waals surface area contributed by atoms with E-state index in [0.29, 0.717) is 21.0 Å². The lowest BCUT2D eigenvalue weighted by molar-refractivity contribution is 0.186. The number of hydrogen-bond acceptors (Lipinski definition) is 2. The molecular formula is C16H11BrF2O2. The molecule has 0 fully saturated rings. The Morgan fingerprint density at radius 1 is 1.14 bits per heavy atom. The number of rotatable bonds is 2. The average molecular weight is 353 g/mol. The third-order valence-corrected chi connectivity index (χ3v) is 3.93. The van der Waals surface area contributed by atoms with E-state index in [1.807, 2.05) is 0 Å². The highest BCUT2D eigenvalue weighted by molar-refractivity contribution is 9.10. The van der Waals surface area contributed by atoms with E-state index in [-0.39, 0.29) is 17.1 Å². The van der Waals surface area contributed by atoms with Crippen LogP contribution in [0.15, 0.2) is 45.3 Å². The first kappa shape index (κ1) is 14.2. The summed E-state index contributed by atoms with van der Waals surface area (Å²) in [5.74, 6) is -0.703. The summed E-state index contributed by atoms with van der Waals surface area (Å²) in [6.07, 6.45) is -1.25. The molecule has 1 atom stereocenters. The van der Waals surface area contributed by atoms with Gasteiger partial charge in [0.2, 0.25) is 0 Å². The zero-order chi connectivity index (χ0) is 15.1. The van der Waals surface area contributed by atoms with Gasteiger partial charge in [-0.05, 0) is 43.3 Å². The molecule has 3 aromatic rings. The van der Waals surface area contributed by atoms with E-state index in [0.717, 1.165) is 0 Å². The number of aliphatic hydroxyl groups excluding tert-OH is 1. The Morgan fingerprint density at radius 2 is 1.90 bits per heavy atom. The van der Waals surface area contributed by atoms with Crippen molar-refractivity contribution in [3.05, 3.63) is 69.4 Å². The van der Waals surface area contributed by atoms with Crippen LogP contribution in [0.2, 0.25) is 0 Å². The molecule has 0 saturated heterocycles. The van der Waals surface area contributed by atoms with Crippen molar-refractivity contribution in [1.29, 1.82) is 0 Å². The molecular weight excluding hydrogens is 342 g/mol. The summed E-state index contributed by atoms with van der Waals surface area (Å²) in [5, 5.41) is 11.0. The highest BCUT2D eigenvalue weighted by Crippen LogP contribution is 2.34. The standard InChI is InChI=1S/C16H11BrF2O2/c1-8-11-7-10(18)3-5-14(11)21-16(8)15(20)12-6-9(17)2-4-13(12)19/h2-7,15,20H,1H3.